The molecule has 1 saturated heterocycles. The molecule has 3 aromatic rings. The normalized spacial score (nSPS) is 19.4. The molecule has 7 heteroatoms. The lowest BCUT2D eigenvalue weighted by atomic mass is 9.63. The van der Waals surface area contributed by atoms with Crippen molar-refractivity contribution in [1.82, 2.24) is 15.2 Å². The van der Waals surface area contributed by atoms with Crippen molar-refractivity contribution in [2.75, 3.05) is 44.2 Å². The average Bonchev–Trinajstić information content (AvgIpc) is 3.21. The van der Waals surface area contributed by atoms with Crippen molar-refractivity contribution in [2.24, 2.45) is 0 Å². The molecule has 0 atom stereocenters. The van der Waals surface area contributed by atoms with Gasteiger partial charge in [-0.05, 0) is 65.1 Å². The Morgan fingerprint density at radius 3 is 2.17 bits per heavy atom. The number of carbonyl (C=O) groups is 2. The topological polar surface area (TPSA) is 74.8 Å². The van der Waals surface area contributed by atoms with Crippen LogP contribution in [0.15, 0.2) is 54.6 Å². The molecule has 1 fully saturated rings. The van der Waals surface area contributed by atoms with Gasteiger partial charge in [0.2, 0.25) is 0 Å². The molecule has 2 amide bonds. The van der Waals surface area contributed by atoms with Gasteiger partial charge in [0.1, 0.15) is 23.9 Å². The summed E-state index contributed by atoms with van der Waals surface area (Å²) in [4.78, 5) is 34.4. The Labute approximate surface area is 236 Å². The molecular formula is C33H38N4O3. The quantitative estimate of drug-likeness (QED) is 0.436. The van der Waals surface area contributed by atoms with Gasteiger partial charge in [0.15, 0.2) is 0 Å². The molecular weight excluding hydrogens is 500 g/mol. The summed E-state index contributed by atoms with van der Waals surface area (Å²) in [5.41, 5.74) is 5.70. The number of hydrogen-bond donors (Lipinski definition) is 1. The Kier molecular flexibility index (Phi) is 6.65. The maximum absolute atomic E-state index is 12.8. The predicted octanol–water partition coefficient (Wildman–Crippen LogP) is 5.18. The van der Waals surface area contributed by atoms with Gasteiger partial charge in [-0.15, -0.1) is 0 Å². The molecule has 1 N–H and O–H groups in total. The number of pyridine rings is 1. The van der Waals surface area contributed by atoms with Crippen LogP contribution < -0.4 is 15.0 Å². The zero-order valence-electron chi connectivity index (χ0n) is 23.9. The van der Waals surface area contributed by atoms with Gasteiger partial charge in [-0.25, -0.2) is 4.98 Å². The van der Waals surface area contributed by atoms with Gasteiger partial charge in [-0.2, -0.15) is 0 Å². The number of amides is 2. The van der Waals surface area contributed by atoms with Crippen LogP contribution in [0, 0.1) is 0 Å². The highest BCUT2D eigenvalue weighted by Gasteiger charge is 2.37. The predicted molar refractivity (Wildman–Crippen MR) is 157 cm³/mol. The van der Waals surface area contributed by atoms with Gasteiger partial charge in [0, 0.05) is 31.7 Å². The van der Waals surface area contributed by atoms with Gasteiger partial charge >= 0.3 is 0 Å². The number of hydrogen-bond acceptors (Lipinski definition) is 6. The van der Waals surface area contributed by atoms with Crippen LogP contribution in [0.4, 0.5) is 5.82 Å². The number of piperazine rings is 1. The van der Waals surface area contributed by atoms with Crippen LogP contribution in [0.1, 0.15) is 72.4 Å². The average molecular weight is 539 g/mol. The minimum Gasteiger partial charge on any atom is -0.489 e. The summed E-state index contributed by atoms with van der Waals surface area (Å²) in [6.45, 7) is 13.3. The standard InChI is InChI=1S/C33H38N4O3/c1-32(2)13-14-33(3,4)26-21-22(9-10-25(26)32)29-27(11-12-28(35-29)36-17-15-34-16-18-36)40-20-19-37-30(38)23-7-5-6-8-24(23)31(37)39/h5-12,21,34H,13-20H2,1-4H3. The molecule has 0 spiro atoms. The van der Waals surface area contributed by atoms with Crippen molar-refractivity contribution in [2.45, 2.75) is 51.4 Å². The maximum atomic E-state index is 12.8. The van der Waals surface area contributed by atoms with Crippen molar-refractivity contribution < 1.29 is 14.3 Å². The fourth-order valence-electron chi connectivity index (χ4n) is 6.25. The number of carbonyl (C=O) groups excluding carboxylic acids is 2. The number of anilines is 1. The summed E-state index contributed by atoms with van der Waals surface area (Å²) in [5, 5.41) is 3.41. The highest BCUT2D eigenvalue weighted by Crippen LogP contribution is 2.47. The molecule has 0 radical (unpaired) electrons. The van der Waals surface area contributed by atoms with Crippen LogP contribution in [0.3, 0.4) is 0 Å². The summed E-state index contributed by atoms with van der Waals surface area (Å²) in [5.74, 6) is 1.05. The second-order valence-electron chi connectivity index (χ2n) is 12.4. The molecule has 2 aromatic carbocycles. The minimum absolute atomic E-state index is 0.0729. The van der Waals surface area contributed by atoms with Crippen LogP contribution in [-0.4, -0.2) is 61.0 Å². The number of ether oxygens (including phenoxy) is 1. The van der Waals surface area contributed by atoms with Crippen molar-refractivity contribution in [3.8, 4) is 17.0 Å². The molecule has 40 heavy (non-hydrogen) atoms. The van der Waals surface area contributed by atoms with E-state index in [1.54, 1.807) is 24.3 Å². The molecule has 3 heterocycles. The van der Waals surface area contributed by atoms with Crippen molar-refractivity contribution >= 4 is 17.6 Å². The third-order valence-electron chi connectivity index (χ3n) is 8.86. The first kappa shape index (κ1) is 26.5. The maximum Gasteiger partial charge on any atom is 0.261 e. The van der Waals surface area contributed by atoms with Crippen LogP contribution in [0.25, 0.3) is 11.3 Å². The van der Waals surface area contributed by atoms with E-state index in [9.17, 15) is 9.59 Å². The number of rotatable bonds is 6. The van der Waals surface area contributed by atoms with E-state index in [1.165, 1.54) is 16.0 Å². The first-order valence-corrected chi connectivity index (χ1v) is 14.4. The highest BCUT2D eigenvalue weighted by atomic mass is 16.5. The van der Waals surface area contributed by atoms with Crippen molar-refractivity contribution in [1.29, 1.82) is 0 Å². The van der Waals surface area contributed by atoms with Gasteiger partial charge in [-0.3, -0.25) is 14.5 Å². The van der Waals surface area contributed by atoms with Crippen LogP contribution in [0.5, 0.6) is 5.75 Å². The number of fused-ring (bicyclic) bond motifs is 2. The van der Waals surface area contributed by atoms with E-state index < -0.39 is 0 Å². The zero-order valence-corrected chi connectivity index (χ0v) is 23.9. The van der Waals surface area contributed by atoms with Crippen LogP contribution in [-0.2, 0) is 10.8 Å². The molecule has 1 aromatic heterocycles. The Bertz CT molecular complexity index is 1440. The second-order valence-corrected chi connectivity index (χ2v) is 12.4. The third kappa shape index (κ3) is 4.66. The zero-order chi connectivity index (χ0) is 28.1. The number of aromatic nitrogens is 1. The lowest BCUT2D eigenvalue weighted by Crippen LogP contribution is -2.43. The Balaban J connectivity index is 1.31. The SMILES string of the molecule is CC1(C)CCC(C)(C)c2cc(-c3nc(N4CCNCC4)ccc3OCCN3C(=O)c4ccccc4C3=O)ccc21. The molecule has 2 aliphatic heterocycles. The Hall–Kier alpha value is -3.71. The van der Waals surface area contributed by atoms with E-state index in [2.05, 4.69) is 56.1 Å². The summed E-state index contributed by atoms with van der Waals surface area (Å²) in [7, 11) is 0. The summed E-state index contributed by atoms with van der Waals surface area (Å²) >= 11 is 0. The van der Waals surface area contributed by atoms with E-state index in [-0.39, 0.29) is 35.8 Å². The Morgan fingerprint density at radius 1 is 0.850 bits per heavy atom. The number of imide groups is 1. The fourth-order valence-corrected chi connectivity index (χ4v) is 6.25. The van der Waals surface area contributed by atoms with Crippen LogP contribution >= 0.6 is 0 Å². The first-order chi connectivity index (χ1) is 19.2. The smallest absolute Gasteiger partial charge is 0.261 e. The number of nitrogens with one attached hydrogen (secondary N) is 1. The molecule has 0 unspecified atom stereocenters. The monoisotopic (exact) mass is 538 g/mol. The second kappa shape index (κ2) is 10.0. The van der Waals surface area contributed by atoms with Gasteiger partial charge in [-0.1, -0.05) is 52.0 Å². The van der Waals surface area contributed by atoms with Gasteiger partial charge in [0.25, 0.3) is 11.8 Å². The minimum atomic E-state index is -0.267. The van der Waals surface area contributed by atoms with Gasteiger partial charge < -0.3 is 15.0 Å². The third-order valence-corrected chi connectivity index (χ3v) is 8.86. The van der Waals surface area contributed by atoms with Crippen molar-refractivity contribution in [3.63, 3.8) is 0 Å². The fraction of sp³-hybridized carbons (Fsp3) is 0.424. The van der Waals surface area contributed by atoms with E-state index >= 15 is 0 Å². The van der Waals surface area contributed by atoms with Gasteiger partial charge in [0.05, 0.1) is 17.7 Å². The summed E-state index contributed by atoms with van der Waals surface area (Å²) in [6, 6.07) is 17.7. The lowest BCUT2D eigenvalue weighted by molar-refractivity contribution is 0.0631. The molecule has 0 saturated carbocycles. The van der Waals surface area contributed by atoms with E-state index in [1.807, 2.05) is 12.1 Å². The number of benzene rings is 2. The molecule has 1 aliphatic carbocycles. The van der Waals surface area contributed by atoms with E-state index in [4.69, 9.17) is 9.72 Å². The lowest BCUT2D eigenvalue weighted by Gasteiger charge is -2.42. The van der Waals surface area contributed by atoms with Crippen molar-refractivity contribution in [3.05, 3.63) is 76.9 Å². The molecule has 0 bridgehead atoms. The summed E-state index contributed by atoms with van der Waals surface area (Å²) in [6.07, 6.45) is 2.30. The molecule has 7 nitrogen and oxygen atoms in total. The van der Waals surface area contributed by atoms with E-state index in [0.29, 0.717) is 16.9 Å². The highest BCUT2D eigenvalue weighted by molar-refractivity contribution is 6.21. The van der Waals surface area contributed by atoms with Crippen LogP contribution in [0.2, 0.25) is 0 Å². The molecule has 3 aliphatic rings. The first-order valence-electron chi connectivity index (χ1n) is 14.4. The molecule has 6 rings (SSSR count). The summed E-state index contributed by atoms with van der Waals surface area (Å²) < 4.78 is 6.29. The largest absolute Gasteiger partial charge is 0.489 e. The van der Waals surface area contributed by atoms with E-state index in [0.717, 1.165) is 56.1 Å². The Morgan fingerprint density at radius 2 is 1.50 bits per heavy atom. The number of nitrogens with zero attached hydrogens (tertiary/aromatic N) is 3. The molecule has 208 valence electrons.